The van der Waals surface area contributed by atoms with Gasteiger partial charge in [0.2, 0.25) is 17.7 Å². The van der Waals surface area contributed by atoms with E-state index >= 15 is 0 Å². The van der Waals surface area contributed by atoms with Crippen molar-refractivity contribution >= 4 is 36.3 Å². The fourth-order valence-electron chi connectivity index (χ4n) is 2.02. The van der Waals surface area contributed by atoms with Crippen molar-refractivity contribution < 1.29 is 24.3 Å². The molecule has 1 aromatic rings. The highest BCUT2D eigenvalue weighted by Gasteiger charge is 2.27. The number of primary amides is 1. The van der Waals surface area contributed by atoms with E-state index in [-0.39, 0.29) is 25.0 Å². The van der Waals surface area contributed by atoms with Crippen LogP contribution in [0.15, 0.2) is 12.5 Å². The molecule has 11 nitrogen and oxygen atoms in total. The summed E-state index contributed by atoms with van der Waals surface area (Å²) in [4.78, 5) is 52.9. The number of aromatic amines is 1. The average molecular weight is 386 g/mol. The number of rotatable bonds is 11. The second kappa shape index (κ2) is 10.4. The van der Waals surface area contributed by atoms with Crippen LogP contribution in [-0.2, 0) is 25.6 Å². The topological polar surface area (TPSA) is 193 Å². The number of nitrogens with zero attached hydrogens (tertiary/aromatic N) is 1. The third-order valence-corrected chi connectivity index (χ3v) is 3.81. The van der Waals surface area contributed by atoms with Gasteiger partial charge >= 0.3 is 5.97 Å². The quantitative estimate of drug-likeness (QED) is 0.205. The summed E-state index contributed by atoms with van der Waals surface area (Å²) in [5.74, 6) is -3.43. The Bertz CT molecular complexity index is 638. The predicted molar refractivity (Wildman–Crippen MR) is 94.0 cm³/mol. The predicted octanol–water partition coefficient (Wildman–Crippen LogP) is -2.47. The monoisotopic (exact) mass is 386 g/mol. The number of aliphatic carboxylic acids is 1. The molecule has 0 aliphatic heterocycles. The second-order valence-corrected chi connectivity index (χ2v) is 5.90. The van der Waals surface area contributed by atoms with Gasteiger partial charge in [-0.2, -0.15) is 12.6 Å². The highest BCUT2D eigenvalue weighted by molar-refractivity contribution is 7.80. The zero-order valence-electron chi connectivity index (χ0n) is 13.8. The molecule has 0 aliphatic rings. The maximum atomic E-state index is 12.2. The first-order chi connectivity index (χ1) is 12.2. The van der Waals surface area contributed by atoms with Gasteiger partial charge in [-0.3, -0.25) is 14.4 Å². The minimum Gasteiger partial charge on any atom is -0.480 e. The molecular formula is C14H22N6O5S. The van der Waals surface area contributed by atoms with E-state index in [2.05, 4.69) is 33.2 Å². The number of carbonyl (C=O) groups excluding carboxylic acids is 3. The highest BCUT2D eigenvalue weighted by atomic mass is 32.1. The van der Waals surface area contributed by atoms with Gasteiger partial charge in [0.25, 0.3) is 0 Å². The van der Waals surface area contributed by atoms with Crippen LogP contribution in [0.2, 0.25) is 0 Å². The van der Waals surface area contributed by atoms with Crippen LogP contribution in [0.25, 0.3) is 0 Å². The molecule has 0 aliphatic carbocycles. The lowest BCUT2D eigenvalue weighted by Crippen LogP contribution is -2.55. The summed E-state index contributed by atoms with van der Waals surface area (Å²) < 4.78 is 0. The fraction of sp³-hybridized carbons (Fsp3) is 0.500. The molecule has 1 heterocycles. The molecule has 144 valence electrons. The van der Waals surface area contributed by atoms with Crippen LogP contribution in [0.1, 0.15) is 18.5 Å². The number of amides is 3. The van der Waals surface area contributed by atoms with Gasteiger partial charge in [-0.05, 0) is 6.42 Å². The highest BCUT2D eigenvalue weighted by Crippen LogP contribution is 2.01. The Morgan fingerprint density at radius 1 is 1.23 bits per heavy atom. The van der Waals surface area contributed by atoms with Gasteiger partial charge < -0.3 is 32.2 Å². The summed E-state index contributed by atoms with van der Waals surface area (Å²) in [6, 6.07) is -3.34. The molecule has 0 radical (unpaired) electrons. The third-order valence-electron chi connectivity index (χ3n) is 3.44. The standard InChI is InChI=1S/C14H22N6O5S/c15-8(3-7-4-17-6-18-7)12(22)20-10(5-26)13(23)19-9(14(24)25)1-2-11(16)21/h4,6,8-10,26H,1-3,5,15H2,(H2,16,21)(H,17,18)(H,19,23)(H,20,22)(H,24,25)/t8-,9-,10-/m0/s1. The molecule has 0 fully saturated rings. The van der Waals surface area contributed by atoms with Crippen molar-refractivity contribution in [1.29, 1.82) is 0 Å². The minimum atomic E-state index is -1.32. The first-order valence-corrected chi connectivity index (χ1v) is 8.33. The number of carboxylic acid groups (broad SMARTS) is 1. The molecule has 0 saturated heterocycles. The van der Waals surface area contributed by atoms with Crippen molar-refractivity contribution in [2.75, 3.05) is 5.75 Å². The van der Waals surface area contributed by atoms with Crippen molar-refractivity contribution in [3.8, 4) is 0 Å². The van der Waals surface area contributed by atoms with Crippen molar-refractivity contribution in [2.45, 2.75) is 37.4 Å². The number of carboxylic acids is 1. The Hall–Kier alpha value is -2.60. The van der Waals surface area contributed by atoms with E-state index in [1.54, 1.807) is 0 Å². The van der Waals surface area contributed by atoms with Crippen molar-refractivity contribution in [2.24, 2.45) is 11.5 Å². The van der Waals surface area contributed by atoms with Gasteiger partial charge in [0.15, 0.2) is 0 Å². The SMILES string of the molecule is NC(=O)CC[C@H](NC(=O)[C@H](CS)NC(=O)[C@@H](N)Cc1cnc[nH]1)C(=O)O. The Morgan fingerprint density at radius 3 is 2.38 bits per heavy atom. The van der Waals surface area contributed by atoms with E-state index in [0.717, 1.165) is 0 Å². The number of nitrogens with two attached hydrogens (primary N) is 2. The Kier molecular flexibility index (Phi) is 8.58. The van der Waals surface area contributed by atoms with Crippen molar-refractivity contribution in [3.05, 3.63) is 18.2 Å². The Morgan fingerprint density at radius 2 is 1.88 bits per heavy atom. The van der Waals surface area contributed by atoms with Gasteiger partial charge in [-0.15, -0.1) is 0 Å². The summed E-state index contributed by atoms with van der Waals surface area (Å²) in [6.07, 6.45) is 2.78. The summed E-state index contributed by atoms with van der Waals surface area (Å²) in [7, 11) is 0. The van der Waals surface area contributed by atoms with Crippen LogP contribution < -0.4 is 22.1 Å². The van der Waals surface area contributed by atoms with Crippen LogP contribution in [0.4, 0.5) is 0 Å². The average Bonchev–Trinajstić information content (AvgIpc) is 3.08. The molecule has 0 saturated carbocycles. The molecule has 0 unspecified atom stereocenters. The largest absolute Gasteiger partial charge is 0.480 e. The molecule has 0 aromatic carbocycles. The second-order valence-electron chi connectivity index (χ2n) is 5.54. The maximum absolute atomic E-state index is 12.2. The van der Waals surface area contributed by atoms with E-state index in [0.29, 0.717) is 5.69 Å². The molecule has 3 amide bonds. The van der Waals surface area contributed by atoms with Crippen LogP contribution in [0.5, 0.6) is 0 Å². The first kappa shape index (κ1) is 21.4. The zero-order chi connectivity index (χ0) is 19.7. The lowest BCUT2D eigenvalue weighted by Gasteiger charge is -2.21. The number of hydrogen-bond acceptors (Lipinski definition) is 7. The molecule has 8 N–H and O–H groups in total. The lowest BCUT2D eigenvalue weighted by molar-refractivity contribution is -0.142. The molecular weight excluding hydrogens is 364 g/mol. The van der Waals surface area contributed by atoms with Gasteiger partial charge in [0, 0.05) is 30.5 Å². The van der Waals surface area contributed by atoms with Crippen LogP contribution in [0, 0.1) is 0 Å². The van der Waals surface area contributed by atoms with E-state index in [9.17, 15) is 19.2 Å². The molecule has 12 heteroatoms. The van der Waals surface area contributed by atoms with E-state index in [1.165, 1.54) is 12.5 Å². The molecule has 1 aromatic heterocycles. The molecule has 0 bridgehead atoms. The summed E-state index contributed by atoms with van der Waals surface area (Å²) >= 11 is 3.99. The van der Waals surface area contributed by atoms with E-state index in [1.807, 2.05) is 0 Å². The molecule has 26 heavy (non-hydrogen) atoms. The van der Waals surface area contributed by atoms with Crippen molar-refractivity contribution in [1.82, 2.24) is 20.6 Å². The number of nitrogens with one attached hydrogen (secondary N) is 3. The van der Waals surface area contributed by atoms with Gasteiger partial charge in [0.05, 0.1) is 12.4 Å². The van der Waals surface area contributed by atoms with Crippen LogP contribution in [0.3, 0.4) is 0 Å². The maximum Gasteiger partial charge on any atom is 0.326 e. The van der Waals surface area contributed by atoms with Crippen LogP contribution in [-0.4, -0.2) is 62.6 Å². The number of H-pyrrole nitrogens is 1. The van der Waals surface area contributed by atoms with Gasteiger partial charge in [-0.1, -0.05) is 0 Å². The third kappa shape index (κ3) is 7.11. The molecule has 0 spiro atoms. The first-order valence-electron chi connectivity index (χ1n) is 7.70. The van der Waals surface area contributed by atoms with E-state index < -0.39 is 41.8 Å². The lowest BCUT2D eigenvalue weighted by atomic mass is 10.1. The number of carbonyl (C=O) groups is 4. The van der Waals surface area contributed by atoms with Gasteiger partial charge in [-0.25, -0.2) is 9.78 Å². The molecule has 1 rings (SSSR count). The van der Waals surface area contributed by atoms with E-state index in [4.69, 9.17) is 16.6 Å². The number of aromatic nitrogens is 2. The van der Waals surface area contributed by atoms with Crippen LogP contribution >= 0.6 is 12.6 Å². The number of thiol groups is 1. The van der Waals surface area contributed by atoms with Gasteiger partial charge in [0.1, 0.15) is 12.1 Å². The Balaban J connectivity index is 2.61. The zero-order valence-corrected chi connectivity index (χ0v) is 14.7. The number of imidazole rings is 1. The molecule has 3 atom stereocenters. The fourth-order valence-corrected chi connectivity index (χ4v) is 2.27. The van der Waals surface area contributed by atoms with Crippen molar-refractivity contribution in [3.63, 3.8) is 0 Å². The Labute approximate surface area is 154 Å². The minimum absolute atomic E-state index is 0.0729. The summed E-state index contributed by atoms with van der Waals surface area (Å²) in [5.41, 5.74) is 11.4. The number of hydrogen-bond donors (Lipinski definition) is 7. The summed E-state index contributed by atoms with van der Waals surface area (Å²) in [6.45, 7) is 0. The normalized spacial score (nSPS) is 14.1. The smallest absolute Gasteiger partial charge is 0.326 e. The summed E-state index contributed by atoms with van der Waals surface area (Å²) in [5, 5.41) is 13.8.